The van der Waals surface area contributed by atoms with E-state index in [4.69, 9.17) is 0 Å². The zero-order valence-corrected chi connectivity index (χ0v) is 17.1. The summed E-state index contributed by atoms with van der Waals surface area (Å²) < 4.78 is 0. The lowest BCUT2D eigenvalue weighted by Crippen LogP contribution is -2.37. The Hall–Kier alpha value is -3.08. The average Bonchev–Trinajstić information content (AvgIpc) is 3.40. The molecule has 1 aromatic heterocycles. The number of likely N-dealkylation sites (tertiary alicyclic amines) is 2. The van der Waals surface area contributed by atoms with Gasteiger partial charge in [0.05, 0.1) is 0 Å². The van der Waals surface area contributed by atoms with Gasteiger partial charge < -0.3 is 14.8 Å². The van der Waals surface area contributed by atoms with Gasteiger partial charge in [-0.15, -0.1) is 0 Å². The number of rotatable bonds is 4. The van der Waals surface area contributed by atoms with Gasteiger partial charge in [-0.1, -0.05) is 30.3 Å². The number of nitrogens with zero attached hydrogens (tertiary/aromatic N) is 2. The van der Waals surface area contributed by atoms with E-state index >= 15 is 0 Å². The first-order valence-corrected chi connectivity index (χ1v) is 10.9. The predicted octanol–water partition coefficient (Wildman–Crippen LogP) is 4.31. The molecular weight excluding hydrogens is 374 g/mol. The summed E-state index contributed by atoms with van der Waals surface area (Å²) in [4.78, 5) is 32.0. The summed E-state index contributed by atoms with van der Waals surface area (Å²) in [5, 5.41) is 1.30. The number of hydrogen-bond acceptors (Lipinski definition) is 2. The molecule has 154 valence electrons. The molecular formula is C25H27N3O2. The summed E-state index contributed by atoms with van der Waals surface area (Å²) in [5.74, 6) is 0.829. The third-order valence-corrected chi connectivity index (χ3v) is 6.59. The molecule has 5 heteroatoms. The average molecular weight is 402 g/mol. The molecule has 0 atom stereocenters. The Morgan fingerprint density at radius 3 is 2.50 bits per heavy atom. The largest absolute Gasteiger partial charge is 0.361 e. The number of aromatic amines is 1. The van der Waals surface area contributed by atoms with Crippen LogP contribution in [0.1, 0.15) is 53.1 Å². The molecule has 1 N–H and O–H groups in total. The highest BCUT2D eigenvalue weighted by Gasteiger charge is 2.26. The first-order valence-electron chi connectivity index (χ1n) is 10.9. The minimum Gasteiger partial charge on any atom is -0.361 e. The van der Waals surface area contributed by atoms with Crippen molar-refractivity contribution in [1.29, 1.82) is 0 Å². The maximum atomic E-state index is 13.0. The van der Waals surface area contributed by atoms with Crippen LogP contribution in [-0.2, 0) is 11.3 Å². The monoisotopic (exact) mass is 401 g/mol. The van der Waals surface area contributed by atoms with Gasteiger partial charge in [-0.05, 0) is 54.5 Å². The number of amides is 2. The molecule has 2 amide bonds. The standard InChI is InChI=1S/C25H27N3O2/c29-24-6-3-13-28(24)17-18-7-9-20(10-8-18)25(30)27-14-11-19(12-15-27)22-16-26-23-5-2-1-4-21(22)23/h1-2,4-5,7-10,16,19,26H,3,6,11-15,17H2. The third kappa shape index (κ3) is 3.60. The quantitative estimate of drug-likeness (QED) is 0.708. The van der Waals surface area contributed by atoms with E-state index < -0.39 is 0 Å². The van der Waals surface area contributed by atoms with Gasteiger partial charge in [0.15, 0.2) is 0 Å². The Bertz CT molecular complexity index is 1060. The van der Waals surface area contributed by atoms with E-state index in [1.165, 1.54) is 16.5 Å². The van der Waals surface area contributed by atoms with Crippen molar-refractivity contribution in [3.8, 4) is 0 Å². The number of hydrogen-bond donors (Lipinski definition) is 1. The number of nitrogens with one attached hydrogen (secondary N) is 1. The fraction of sp³-hybridized carbons (Fsp3) is 0.360. The van der Waals surface area contributed by atoms with Crippen molar-refractivity contribution in [2.24, 2.45) is 0 Å². The molecule has 5 rings (SSSR count). The Kier molecular flexibility index (Phi) is 5.03. The van der Waals surface area contributed by atoms with Gasteiger partial charge in [-0.25, -0.2) is 0 Å². The fourth-order valence-corrected chi connectivity index (χ4v) is 4.85. The number of carbonyl (C=O) groups excluding carboxylic acids is 2. The Morgan fingerprint density at radius 2 is 1.77 bits per heavy atom. The van der Waals surface area contributed by atoms with E-state index in [0.717, 1.165) is 50.0 Å². The zero-order valence-electron chi connectivity index (χ0n) is 17.1. The van der Waals surface area contributed by atoms with E-state index in [1.54, 1.807) is 0 Å². The number of carbonyl (C=O) groups is 2. The molecule has 3 heterocycles. The van der Waals surface area contributed by atoms with Crippen LogP contribution in [0.2, 0.25) is 0 Å². The third-order valence-electron chi connectivity index (χ3n) is 6.59. The predicted molar refractivity (Wildman–Crippen MR) is 117 cm³/mol. The van der Waals surface area contributed by atoms with Crippen molar-refractivity contribution in [1.82, 2.24) is 14.8 Å². The molecule has 0 saturated carbocycles. The lowest BCUT2D eigenvalue weighted by Gasteiger charge is -2.32. The lowest BCUT2D eigenvalue weighted by molar-refractivity contribution is -0.128. The molecule has 0 spiro atoms. The molecule has 30 heavy (non-hydrogen) atoms. The van der Waals surface area contributed by atoms with Crippen LogP contribution in [-0.4, -0.2) is 46.2 Å². The molecule has 3 aromatic rings. The van der Waals surface area contributed by atoms with Crippen LogP contribution in [0, 0.1) is 0 Å². The first-order chi connectivity index (χ1) is 14.7. The Morgan fingerprint density at radius 1 is 1.00 bits per heavy atom. The van der Waals surface area contributed by atoms with Crippen LogP contribution in [0.4, 0.5) is 0 Å². The summed E-state index contributed by atoms with van der Waals surface area (Å²) in [5.41, 5.74) is 4.37. The number of H-pyrrole nitrogens is 1. The summed E-state index contributed by atoms with van der Waals surface area (Å²) in [6, 6.07) is 16.2. The normalized spacial score (nSPS) is 17.8. The van der Waals surface area contributed by atoms with Crippen LogP contribution in [0.3, 0.4) is 0 Å². The number of piperidine rings is 1. The molecule has 2 aliphatic heterocycles. The second kappa shape index (κ2) is 7.98. The molecule has 2 aromatic carbocycles. The molecule has 2 aliphatic rings. The maximum absolute atomic E-state index is 13.0. The van der Waals surface area contributed by atoms with Crippen molar-refractivity contribution >= 4 is 22.7 Å². The van der Waals surface area contributed by atoms with Crippen LogP contribution < -0.4 is 0 Å². The number of fused-ring (bicyclic) bond motifs is 1. The fourth-order valence-electron chi connectivity index (χ4n) is 4.85. The van der Waals surface area contributed by atoms with Gasteiger partial charge in [0.25, 0.3) is 5.91 Å². The lowest BCUT2D eigenvalue weighted by atomic mass is 9.89. The number of para-hydroxylation sites is 1. The SMILES string of the molecule is O=C1CCCN1Cc1ccc(C(=O)N2CCC(c3c[nH]c4ccccc34)CC2)cc1. The molecule has 0 unspecified atom stereocenters. The minimum absolute atomic E-state index is 0.108. The zero-order chi connectivity index (χ0) is 20.5. The molecule has 0 bridgehead atoms. The molecule has 0 aliphatic carbocycles. The van der Waals surface area contributed by atoms with Crippen LogP contribution in [0.5, 0.6) is 0 Å². The van der Waals surface area contributed by atoms with Gasteiger partial charge in [0.2, 0.25) is 5.91 Å². The van der Waals surface area contributed by atoms with E-state index in [2.05, 4.69) is 35.4 Å². The van der Waals surface area contributed by atoms with Gasteiger partial charge in [0, 0.05) is 55.3 Å². The summed E-state index contributed by atoms with van der Waals surface area (Å²) in [7, 11) is 0. The minimum atomic E-state index is 0.108. The van der Waals surface area contributed by atoms with E-state index in [-0.39, 0.29) is 11.8 Å². The summed E-state index contributed by atoms with van der Waals surface area (Å²) in [6.07, 6.45) is 5.72. The number of benzene rings is 2. The van der Waals surface area contributed by atoms with Gasteiger partial charge >= 0.3 is 0 Å². The van der Waals surface area contributed by atoms with Gasteiger partial charge in [-0.3, -0.25) is 9.59 Å². The maximum Gasteiger partial charge on any atom is 0.253 e. The molecule has 2 saturated heterocycles. The molecule has 0 radical (unpaired) electrons. The highest BCUT2D eigenvalue weighted by Crippen LogP contribution is 2.33. The van der Waals surface area contributed by atoms with E-state index in [0.29, 0.717) is 18.9 Å². The van der Waals surface area contributed by atoms with Crippen molar-refractivity contribution in [2.45, 2.75) is 38.1 Å². The van der Waals surface area contributed by atoms with E-state index in [9.17, 15) is 9.59 Å². The van der Waals surface area contributed by atoms with Gasteiger partial charge in [0.1, 0.15) is 0 Å². The van der Waals surface area contributed by atoms with Crippen LogP contribution in [0.15, 0.2) is 54.7 Å². The second-order valence-corrected chi connectivity index (χ2v) is 8.47. The number of aromatic nitrogens is 1. The smallest absolute Gasteiger partial charge is 0.253 e. The topological polar surface area (TPSA) is 56.4 Å². The van der Waals surface area contributed by atoms with Gasteiger partial charge in [-0.2, -0.15) is 0 Å². The van der Waals surface area contributed by atoms with Crippen LogP contribution >= 0.6 is 0 Å². The van der Waals surface area contributed by atoms with E-state index in [1.807, 2.05) is 34.1 Å². The summed E-state index contributed by atoms with van der Waals surface area (Å²) >= 11 is 0. The first kappa shape index (κ1) is 18.9. The van der Waals surface area contributed by atoms with Crippen molar-refractivity contribution in [3.63, 3.8) is 0 Å². The van der Waals surface area contributed by atoms with Crippen molar-refractivity contribution in [2.75, 3.05) is 19.6 Å². The Labute approximate surface area is 176 Å². The summed E-state index contributed by atoms with van der Waals surface area (Å²) in [6.45, 7) is 3.05. The molecule has 5 nitrogen and oxygen atoms in total. The van der Waals surface area contributed by atoms with Crippen molar-refractivity contribution < 1.29 is 9.59 Å². The Balaban J connectivity index is 1.21. The molecule has 2 fully saturated rings. The van der Waals surface area contributed by atoms with Crippen molar-refractivity contribution in [3.05, 3.63) is 71.4 Å². The highest BCUT2D eigenvalue weighted by atomic mass is 16.2. The van der Waals surface area contributed by atoms with Crippen LogP contribution in [0.25, 0.3) is 10.9 Å². The second-order valence-electron chi connectivity index (χ2n) is 8.47. The highest BCUT2D eigenvalue weighted by molar-refractivity contribution is 5.94.